The molecule has 1 aromatic carbocycles. The van der Waals surface area contributed by atoms with E-state index in [4.69, 9.17) is 14.6 Å². The summed E-state index contributed by atoms with van der Waals surface area (Å²) in [4.78, 5) is 13.3. The van der Waals surface area contributed by atoms with Gasteiger partial charge in [0.25, 0.3) is 0 Å². The molecule has 104 valence electrons. The predicted octanol–water partition coefficient (Wildman–Crippen LogP) is 1.87. The molecule has 2 rings (SSSR count). The molecule has 1 aliphatic rings. The highest BCUT2D eigenvalue weighted by Crippen LogP contribution is 2.26. The summed E-state index contributed by atoms with van der Waals surface area (Å²) in [7, 11) is 3.60. The highest BCUT2D eigenvalue weighted by Gasteiger charge is 2.25. The van der Waals surface area contributed by atoms with Crippen LogP contribution in [0.25, 0.3) is 0 Å². The van der Waals surface area contributed by atoms with Gasteiger partial charge in [0.2, 0.25) is 0 Å². The lowest BCUT2D eigenvalue weighted by Crippen LogP contribution is -2.26. The van der Waals surface area contributed by atoms with Gasteiger partial charge in [0, 0.05) is 18.7 Å². The SMILES string of the molecule is COc1ccc(C(=O)O)c(OCCN(C)C2CC2)c1. The number of methoxy groups -OCH3 is 1. The Hall–Kier alpha value is -1.75. The molecule has 0 spiro atoms. The summed E-state index contributed by atoms with van der Waals surface area (Å²) in [6.45, 7) is 1.27. The first-order valence-electron chi connectivity index (χ1n) is 6.36. The first kappa shape index (κ1) is 13.7. The zero-order chi connectivity index (χ0) is 13.8. The number of ether oxygens (including phenoxy) is 2. The number of hydrogen-bond acceptors (Lipinski definition) is 4. The first-order chi connectivity index (χ1) is 9.11. The second-order valence-corrected chi connectivity index (χ2v) is 4.73. The summed E-state index contributed by atoms with van der Waals surface area (Å²) >= 11 is 0. The second kappa shape index (κ2) is 5.93. The topological polar surface area (TPSA) is 59.0 Å². The Morgan fingerprint density at radius 1 is 1.47 bits per heavy atom. The maximum absolute atomic E-state index is 11.1. The van der Waals surface area contributed by atoms with Gasteiger partial charge in [-0.2, -0.15) is 0 Å². The van der Waals surface area contributed by atoms with Gasteiger partial charge in [-0.15, -0.1) is 0 Å². The van der Waals surface area contributed by atoms with E-state index in [-0.39, 0.29) is 5.56 Å². The molecule has 5 nitrogen and oxygen atoms in total. The third-order valence-corrected chi connectivity index (χ3v) is 3.29. The Balaban J connectivity index is 1.98. The molecular weight excluding hydrogens is 246 g/mol. The molecular formula is C14H19NO4. The van der Waals surface area contributed by atoms with Crippen LogP contribution in [0.15, 0.2) is 18.2 Å². The lowest BCUT2D eigenvalue weighted by atomic mass is 10.2. The van der Waals surface area contributed by atoms with E-state index in [0.717, 1.165) is 6.54 Å². The summed E-state index contributed by atoms with van der Waals surface area (Å²) in [5, 5.41) is 9.10. The second-order valence-electron chi connectivity index (χ2n) is 4.73. The minimum atomic E-state index is -0.992. The van der Waals surface area contributed by atoms with Crippen LogP contribution in [0.3, 0.4) is 0 Å². The molecule has 0 heterocycles. The molecule has 0 aromatic heterocycles. The third-order valence-electron chi connectivity index (χ3n) is 3.29. The van der Waals surface area contributed by atoms with E-state index in [9.17, 15) is 4.79 Å². The smallest absolute Gasteiger partial charge is 0.339 e. The zero-order valence-electron chi connectivity index (χ0n) is 11.3. The Morgan fingerprint density at radius 2 is 2.21 bits per heavy atom. The van der Waals surface area contributed by atoms with Crippen LogP contribution in [0.2, 0.25) is 0 Å². The molecule has 1 N–H and O–H groups in total. The van der Waals surface area contributed by atoms with Gasteiger partial charge in [0.1, 0.15) is 23.7 Å². The Labute approximate surface area is 112 Å². The number of rotatable bonds is 7. The minimum absolute atomic E-state index is 0.162. The van der Waals surface area contributed by atoms with Crippen molar-refractivity contribution >= 4 is 5.97 Å². The number of likely N-dealkylation sites (N-methyl/N-ethyl adjacent to an activating group) is 1. The van der Waals surface area contributed by atoms with Gasteiger partial charge in [0.05, 0.1) is 7.11 Å². The lowest BCUT2D eigenvalue weighted by molar-refractivity contribution is 0.0691. The maximum Gasteiger partial charge on any atom is 0.339 e. The van der Waals surface area contributed by atoms with Crippen molar-refractivity contribution in [1.82, 2.24) is 4.90 Å². The van der Waals surface area contributed by atoms with E-state index in [1.54, 1.807) is 19.2 Å². The molecule has 5 heteroatoms. The number of aromatic carboxylic acids is 1. The molecule has 1 aromatic rings. The monoisotopic (exact) mass is 265 g/mol. The fraction of sp³-hybridized carbons (Fsp3) is 0.500. The Kier molecular flexibility index (Phi) is 4.27. The molecule has 1 aliphatic carbocycles. The summed E-state index contributed by atoms with van der Waals surface area (Å²) < 4.78 is 10.7. The van der Waals surface area contributed by atoms with Crippen molar-refractivity contribution in [3.05, 3.63) is 23.8 Å². The van der Waals surface area contributed by atoms with Gasteiger partial charge in [-0.25, -0.2) is 4.79 Å². The van der Waals surface area contributed by atoms with Crippen LogP contribution < -0.4 is 9.47 Å². The van der Waals surface area contributed by atoms with Crippen molar-refractivity contribution in [2.24, 2.45) is 0 Å². The highest BCUT2D eigenvalue weighted by molar-refractivity contribution is 5.91. The van der Waals surface area contributed by atoms with Crippen molar-refractivity contribution in [3.63, 3.8) is 0 Å². The van der Waals surface area contributed by atoms with Crippen molar-refractivity contribution < 1.29 is 19.4 Å². The average molecular weight is 265 g/mol. The van der Waals surface area contributed by atoms with Crippen LogP contribution in [-0.4, -0.2) is 49.3 Å². The van der Waals surface area contributed by atoms with Crippen LogP contribution in [0.4, 0.5) is 0 Å². The Morgan fingerprint density at radius 3 is 2.79 bits per heavy atom. The molecule has 0 aliphatic heterocycles. The largest absolute Gasteiger partial charge is 0.497 e. The number of carboxylic acid groups (broad SMARTS) is 1. The van der Waals surface area contributed by atoms with Crippen molar-refractivity contribution in [1.29, 1.82) is 0 Å². The lowest BCUT2D eigenvalue weighted by Gasteiger charge is -2.16. The normalized spacial score (nSPS) is 14.5. The minimum Gasteiger partial charge on any atom is -0.497 e. The summed E-state index contributed by atoms with van der Waals surface area (Å²) in [6, 6.07) is 5.40. The molecule has 19 heavy (non-hydrogen) atoms. The molecule has 0 bridgehead atoms. The third kappa shape index (κ3) is 3.61. The van der Waals surface area contributed by atoms with Crippen molar-refractivity contribution in [3.8, 4) is 11.5 Å². The van der Waals surface area contributed by atoms with Gasteiger partial charge >= 0.3 is 5.97 Å². The molecule has 0 unspecified atom stereocenters. The average Bonchev–Trinajstić information content (AvgIpc) is 3.22. The van der Waals surface area contributed by atoms with E-state index in [1.807, 2.05) is 0 Å². The zero-order valence-corrected chi connectivity index (χ0v) is 11.3. The van der Waals surface area contributed by atoms with E-state index < -0.39 is 5.97 Å². The quantitative estimate of drug-likeness (QED) is 0.815. The molecule has 0 amide bonds. The van der Waals surface area contributed by atoms with E-state index >= 15 is 0 Å². The van der Waals surface area contributed by atoms with Gasteiger partial charge in [-0.1, -0.05) is 0 Å². The van der Waals surface area contributed by atoms with Crippen molar-refractivity contribution in [2.45, 2.75) is 18.9 Å². The number of nitrogens with zero attached hydrogens (tertiary/aromatic N) is 1. The molecule has 0 saturated heterocycles. The van der Waals surface area contributed by atoms with Crippen LogP contribution in [0.5, 0.6) is 11.5 Å². The predicted molar refractivity (Wildman–Crippen MR) is 71.1 cm³/mol. The summed E-state index contributed by atoms with van der Waals surface area (Å²) in [5.41, 5.74) is 0.162. The van der Waals surface area contributed by atoms with Gasteiger partial charge in [0.15, 0.2) is 0 Å². The fourth-order valence-electron chi connectivity index (χ4n) is 1.92. The van der Waals surface area contributed by atoms with Gasteiger partial charge in [-0.05, 0) is 32.0 Å². The van der Waals surface area contributed by atoms with Crippen molar-refractivity contribution in [2.75, 3.05) is 27.3 Å². The van der Waals surface area contributed by atoms with Crippen LogP contribution >= 0.6 is 0 Å². The van der Waals surface area contributed by atoms with Crippen LogP contribution in [0.1, 0.15) is 23.2 Å². The van der Waals surface area contributed by atoms with Gasteiger partial charge < -0.3 is 19.5 Å². The van der Waals surface area contributed by atoms with E-state index in [1.165, 1.54) is 18.9 Å². The number of benzene rings is 1. The number of carboxylic acids is 1. The maximum atomic E-state index is 11.1. The standard InChI is InChI=1S/C14H19NO4/c1-15(10-3-4-10)7-8-19-13-9-11(18-2)5-6-12(13)14(16)17/h5-6,9-10H,3-4,7-8H2,1-2H3,(H,16,17). The van der Waals surface area contributed by atoms with Crippen LogP contribution in [0, 0.1) is 0 Å². The fourth-order valence-corrected chi connectivity index (χ4v) is 1.92. The molecule has 0 radical (unpaired) electrons. The summed E-state index contributed by atoms with van der Waals surface area (Å²) in [6.07, 6.45) is 2.49. The Bertz CT molecular complexity index is 457. The highest BCUT2D eigenvalue weighted by atomic mass is 16.5. The first-order valence-corrected chi connectivity index (χ1v) is 6.36. The van der Waals surface area contributed by atoms with E-state index in [2.05, 4.69) is 11.9 Å². The van der Waals surface area contributed by atoms with Gasteiger partial charge in [-0.3, -0.25) is 0 Å². The summed E-state index contributed by atoms with van der Waals surface area (Å²) in [5.74, 6) is -0.0419. The van der Waals surface area contributed by atoms with E-state index in [0.29, 0.717) is 24.1 Å². The molecule has 1 saturated carbocycles. The van der Waals surface area contributed by atoms with Crippen LogP contribution in [-0.2, 0) is 0 Å². The number of carbonyl (C=O) groups is 1. The molecule has 0 atom stereocenters. The molecule has 1 fully saturated rings. The number of hydrogen-bond donors (Lipinski definition) is 1.